The molecule has 0 N–H and O–H groups in total. The Labute approximate surface area is 115 Å². The second-order valence-corrected chi connectivity index (χ2v) is 4.71. The van der Waals surface area contributed by atoms with Crippen molar-refractivity contribution in [1.29, 1.82) is 0 Å². The first-order chi connectivity index (χ1) is 9.03. The first-order valence-corrected chi connectivity index (χ1v) is 7.05. The Morgan fingerprint density at radius 3 is 2.16 bits per heavy atom. The third-order valence-electron chi connectivity index (χ3n) is 3.93. The molecule has 0 saturated carbocycles. The van der Waals surface area contributed by atoms with Crippen molar-refractivity contribution in [3.63, 3.8) is 0 Å². The van der Waals surface area contributed by atoms with Crippen molar-refractivity contribution in [2.24, 2.45) is 7.05 Å². The van der Waals surface area contributed by atoms with Gasteiger partial charge in [-0.2, -0.15) is 4.80 Å². The van der Waals surface area contributed by atoms with Crippen LogP contribution >= 0.6 is 0 Å². The third kappa shape index (κ3) is 3.18. The van der Waals surface area contributed by atoms with Crippen molar-refractivity contribution in [2.75, 3.05) is 13.1 Å². The third-order valence-corrected chi connectivity index (χ3v) is 3.93. The second kappa shape index (κ2) is 6.75. The first kappa shape index (κ1) is 15.8. The van der Waals surface area contributed by atoms with E-state index in [1.165, 1.54) is 4.80 Å². The average Bonchev–Trinajstić information content (AvgIpc) is 2.81. The van der Waals surface area contributed by atoms with E-state index >= 15 is 0 Å². The number of hydrogen-bond acceptors (Lipinski definition) is 5. The van der Waals surface area contributed by atoms with Gasteiger partial charge in [0.1, 0.15) is 0 Å². The van der Waals surface area contributed by atoms with Crippen LogP contribution in [0.1, 0.15) is 46.4 Å². The van der Waals surface area contributed by atoms with Crippen LogP contribution in [0.3, 0.4) is 0 Å². The lowest BCUT2D eigenvalue weighted by Gasteiger charge is -2.40. The Kier molecular flexibility index (Phi) is 5.60. The maximum atomic E-state index is 12.7. The Morgan fingerprint density at radius 1 is 1.21 bits per heavy atom. The SMILES string of the molecule is CCN(CC)C(CC)(CC)C(=O)Cc1nnn(C)n1. The summed E-state index contributed by atoms with van der Waals surface area (Å²) in [6.45, 7) is 10.1. The number of Topliss-reactive ketones (excluding diaryl/α,β-unsaturated/α-hetero) is 1. The van der Waals surface area contributed by atoms with E-state index in [1.807, 2.05) is 0 Å². The number of aromatic nitrogens is 4. The molecule has 0 spiro atoms. The molecule has 1 rings (SSSR count). The van der Waals surface area contributed by atoms with Gasteiger partial charge in [-0.1, -0.05) is 27.7 Å². The van der Waals surface area contributed by atoms with Crippen LogP contribution in [-0.2, 0) is 18.3 Å². The molecule has 19 heavy (non-hydrogen) atoms. The maximum Gasteiger partial charge on any atom is 0.182 e. The summed E-state index contributed by atoms with van der Waals surface area (Å²) in [4.78, 5) is 16.3. The molecule has 1 aromatic heterocycles. The fourth-order valence-corrected chi connectivity index (χ4v) is 2.80. The van der Waals surface area contributed by atoms with Gasteiger partial charge in [0, 0.05) is 0 Å². The van der Waals surface area contributed by atoms with Crippen LogP contribution in [0.5, 0.6) is 0 Å². The summed E-state index contributed by atoms with van der Waals surface area (Å²) in [6, 6.07) is 0. The number of ketones is 1. The van der Waals surface area contributed by atoms with Crippen molar-refractivity contribution in [3.8, 4) is 0 Å². The highest BCUT2D eigenvalue weighted by Crippen LogP contribution is 2.26. The Hall–Kier alpha value is -1.30. The minimum atomic E-state index is -0.400. The van der Waals surface area contributed by atoms with Gasteiger partial charge in [0.15, 0.2) is 11.6 Å². The van der Waals surface area contributed by atoms with Gasteiger partial charge in [0.25, 0.3) is 0 Å². The molecule has 0 radical (unpaired) electrons. The summed E-state index contributed by atoms with van der Waals surface area (Å²) in [6.07, 6.45) is 1.88. The van der Waals surface area contributed by atoms with E-state index in [1.54, 1.807) is 7.05 Å². The van der Waals surface area contributed by atoms with Crippen LogP contribution in [0.2, 0.25) is 0 Å². The Morgan fingerprint density at radius 2 is 1.79 bits per heavy atom. The zero-order valence-corrected chi connectivity index (χ0v) is 12.7. The molecule has 0 aromatic carbocycles. The van der Waals surface area contributed by atoms with Crippen LogP contribution in [0.25, 0.3) is 0 Å². The normalized spacial score (nSPS) is 12.1. The topological polar surface area (TPSA) is 63.9 Å². The average molecular weight is 267 g/mol. The van der Waals surface area contributed by atoms with Gasteiger partial charge in [-0.3, -0.25) is 9.69 Å². The molecule has 0 aliphatic carbocycles. The van der Waals surface area contributed by atoms with Crippen molar-refractivity contribution in [1.82, 2.24) is 25.1 Å². The zero-order valence-electron chi connectivity index (χ0n) is 12.7. The van der Waals surface area contributed by atoms with Gasteiger partial charge in [0.05, 0.1) is 19.0 Å². The van der Waals surface area contributed by atoms with Crippen LogP contribution < -0.4 is 0 Å². The first-order valence-electron chi connectivity index (χ1n) is 7.05. The largest absolute Gasteiger partial charge is 0.297 e. The molecule has 1 aromatic rings. The number of hydrogen-bond donors (Lipinski definition) is 0. The molecule has 0 amide bonds. The van der Waals surface area contributed by atoms with E-state index < -0.39 is 5.54 Å². The fourth-order valence-electron chi connectivity index (χ4n) is 2.80. The van der Waals surface area contributed by atoms with Gasteiger partial charge < -0.3 is 0 Å². The highest BCUT2D eigenvalue weighted by molar-refractivity contribution is 5.89. The van der Waals surface area contributed by atoms with E-state index in [0.717, 1.165) is 25.9 Å². The molecule has 0 saturated heterocycles. The smallest absolute Gasteiger partial charge is 0.182 e. The molecule has 0 aliphatic heterocycles. The lowest BCUT2D eigenvalue weighted by molar-refractivity contribution is -0.131. The molecule has 0 unspecified atom stereocenters. The van der Waals surface area contributed by atoms with Crippen molar-refractivity contribution < 1.29 is 4.79 Å². The van der Waals surface area contributed by atoms with Gasteiger partial charge in [-0.05, 0) is 31.1 Å². The lowest BCUT2D eigenvalue weighted by atomic mass is 9.84. The summed E-state index contributed by atoms with van der Waals surface area (Å²) in [7, 11) is 1.71. The maximum absolute atomic E-state index is 12.7. The molecule has 0 aliphatic rings. The Bertz CT molecular complexity index is 407. The number of tetrazole rings is 1. The standard InChI is InChI=1S/C13H25N5O/c1-6-13(7-2,18(8-3)9-4)11(19)10-12-14-16-17(5)15-12/h6-10H2,1-5H3. The van der Waals surface area contributed by atoms with Crippen LogP contribution in [0.4, 0.5) is 0 Å². The summed E-state index contributed by atoms with van der Waals surface area (Å²) >= 11 is 0. The molecule has 1 heterocycles. The predicted molar refractivity (Wildman–Crippen MR) is 73.7 cm³/mol. The van der Waals surface area contributed by atoms with E-state index in [-0.39, 0.29) is 12.2 Å². The van der Waals surface area contributed by atoms with E-state index in [9.17, 15) is 4.79 Å². The van der Waals surface area contributed by atoms with Gasteiger partial charge in [-0.15, -0.1) is 10.2 Å². The molecule has 0 atom stereocenters. The number of nitrogens with zero attached hydrogens (tertiary/aromatic N) is 5. The fraction of sp³-hybridized carbons (Fsp3) is 0.846. The van der Waals surface area contributed by atoms with Crippen molar-refractivity contribution in [2.45, 2.75) is 52.5 Å². The molecule has 0 fully saturated rings. The Balaban J connectivity index is 2.94. The summed E-state index contributed by atoms with van der Waals surface area (Å²) < 4.78 is 0. The minimum Gasteiger partial charge on any atom is -0.297 e. The van der Waals surface area contributed by atoms with Gasteiger partial charge in [0.2, 0.25) is 0 Å². The van der Waals surface area contributed by atoms with Gasteiger partial charge in [-0.25, -0.2) is 0 Å². The van der Waals surface area contributed by atoms with Crippen LogP contribution in [0.15, 0.2) is 0 Å². The lowest BCUT2D eigenvalue weighted by Crippen LogP contribution is -2.54. The molecular weight excluding hydrogens is 242 g/mol. The molecule has 0 bridgehead atoms. The predicted octanol–water partition coefficient (Wildman–Crippen LogP) is 1.22. The van der Waals surface area contributed by atoms with Crippen molar-refractivity contribution in [3.05, 3.63) is 5.82 Å². The van der Waals surface area contributed by atoms with E-state index in [4.69, 9.17) is 0 Å². The monoisotopic (exact) mass is 267 g/mol. The van der Waals surface area contributed by atoms with Crippen molar-refractivity contribution >= 4 is 5.78 Å². The highest BCUT2D eigenvalue weighted by atomic mass is 16.1. The van der Waals surface area contributed by atoms with Crippen LogP contribution in [-0.4, -0.2) is 49.5 Å². The summed E-state index contributed by atoms with van der Waals surface area (Å²) in [5.74, 6) is 0.695. The zero-order chi connectivity index (χ0) is 14.5. The summed E-state index contributed by atoms with van der Waals surface area (Å²) in [5.41, 5.74) is -0.400. The van der Waals surface area contributed by atoms with E-state index in [2.05, 4.69) is 48.0 Å². The number of rotatable bonds is 8. The second-order valence-electron chi connectivity index (χ2n) is 4.71. The quantitative estimate of drug-likeness (QED) is 0.708. The van der Waals surface area contributed by atoms with Gasteiger partial charge >= 0.3 is 0 Å². The minimum absolute atomic E-state index is 0.189. The molecule has 108 valence electrons. The summed E-state index contributed by atoms with van der Waals surface area (Å²) in [5, 5.41) is 11.8. The molecule has 6 heteroatoms. The highest BCUT2D eigenvalue weighted by Gasteiger charge is 2.39. The number of carbonyl (C=O) groups is 1. The number of likely N-dealkylation sites (N-methyl/N-ethyl adjacent to an activating group) is 1. The van der Waals surface area contributed by atoms with Crippen LogP contribution in [0, 0.1) is 0 Å². The number of aryl methyl sites for hydroxylation is 1. The molecular formula is C13H25N5O. The van der Waals surface area contributed by atoms with E-state index in [0.29, 0.717) is 5.82 Å². The molecule has 6 nitrogen and oxygen atoms in total. The number of carbonyl (C=O) groups excluding carboxylic acids is 1.